The zero-order chi connectivity index (χ0) is 22.7. The Morgan fingerprint density at radius 2 is 1.82 bits per heavy atom. The lowest BCUT2D eigenvalue weighted by Crippen LogP contribution is -2.51. The van der Waals surface area contributed by atoms with Gasteiger partial charge in [0.1, 0.15) is 0 Å². The molecule has 3 aromatic rings. The van der Waals surface area contributed by atoms with Crippen LogP contribution in [0.25, 0.3) is 10.9 Å². The first kappa shape index (κ1) is 22.1. The third-order valence-electron chi connectivity index (χ3n) is 7.21. The van der Waals surface area contributed by atoms with Crippen LogP contribution in [-0.2, 0) is 26.1 Å². The third kappa shape index (κ3) is 4.53. The fourth-order valence-corrected chi connectivity index (χ4v) is 5.35. The molecular weight excluding hydrogens is 412 g/mol. The van der Waals surface area contributed by atoms with Crippen LogP contribution in [0.5, 0.6) is 0 Å². The third-order valence-corrected chi connectivity index (χ3v) is 7.21. The van der Waals surface area contributed by atoms with Gasteiger partial charge in [-0.25, -0.2) is 0 Å². The van der Waals surface area contributed by atoms with Crippen molar-refractivity contribution >= 4 is 16.8 Å². The Labute approximate surface area is 195 Å². The number of hydrogen-bond acceptors (Lipinski definition) is 4. The molecule has 2 aromatic carbocycles. The highest BCUT2D eigenvalue weighted by molar-refractivity contribution is 5.88. The Bertz CT molecular complexity index is 1100. The smallest absolute Gasteiger partial charge is 0.233 e. The van der Waals surface area contributed by atoms with Crippen LogP contribution in [0.4, 0.5) is 0 Å². The number of ether oxygens (including phenoxy) is 2. The maximum Gasteiger partial charge on any atom is 0.233 e. The highest BCUT2D eigenvalue weighted by atomic mass is 16.5. The van der Waals surface area contributed by atoms with Gasteiger partial charge in [0, 0.05) is 43.8 Å². The van der Waals surface area contributed by atoms with E-state index in [2.05, 4.69) is 65.3 Å². The second-order valence-corrected chi connectivity index (χ2v) is 9.45. The molecular formula is C28H32N2O3. The van der Waals surface area contributed by atoms with Crippen LogP contribution in [-0.4, -0.2) is 55.3 Å². The van der Waals surface area contributed by atoms with Gasteiger partial charge in [0.2, 0.25) is 5.91 Å². The standard InChI is InChI=1S/C28H32N2O3/c1-21-7-9-25(10-8-21)28(11-15-32-16-12-28)27(31)30-14-17-33-20-22(19-30)18-24-5-2-4-23-6-3-13-29-26(23)24/h2-10,13,22H,11-12,14-20H2,1H3/t22-/m0/s1. The fraction of sp³-hybridized carbons (Fsp3) is 0.429. The molecule has 0 bridgehead atoms. The van der Waals surface area contributed by atoms with Gasteiger partial charge < -0.3 is 14.4 Å². The van der Waals surface area contributed by atoms with Crippen LogP contribution in [0.1, 0.15) is 29.5 Å². The number of pyridine rings is 1. The SMILES string of the molecule is Cc1ccc(C2(C(=O)N3CCOC[C@@H](Cc4cccc5cccnc45)C3)CCOCC2)cc1. The molecule has 2 saturated heterocycles. The summed E-state index contributed by atoms with van der Waals surface area (Å²) in [5.41, 5.74) is 4.07. The highest BCUT2D eigenvalue weighted by Crippen LogP contribution is 2.37. The van der Waals surface area contributed by atoms with E-state index in [0.29, 0.717) is 39.5 Å². The summed E-state index contributed by atoms with van der Waals surface area (Å²) in [6.07, 6.45) is 4.15. The normalized spacial score (nSPS) is 21.0. The fourth-order valence-electron chi connectivity index (χ4n) is 5.35. The Hall–Kier alpha value is -2.76. The predicted molar refractivity (Wildman–Crippen MR) is 129 cm³/mol. The number of benzene rings is 2. The Kier molecular flexibility index (Phi) is 6.43. The monoisotopic (exact) mass is 444 g/mol. The largest absolute Gasteiger partial charge is 0.381 e. The van der Waals surface area contributed by atoms with Crippen molar-refractivity contribution in [1.82, 2.24) is 9.88 Å². The number of aromatic nitrogens is 1. The van der Waals surface area contributed by atoms with Crippen LogP contribution >= 0.6 is 0 Å². The van der Waals surface area contributed by atoms with Crippen LogP contribution in [0.3, 0.4) is 0 Å². The van der Waals surface area contributed by atoms with E-state index in [0.717, 1.165) is 35.7 Å². The Morgan fingerprint density at radius 1 is 1.03 bits per heavy atom. The Balaban J connectivity index is 1.40. The number of amides is 1. The van der Waals surface area contributed by atoms with E-state index in [1.165, 1.54) is 11.1 Å². The molecule has 0 radical (unpaired) electrons. The molecule has 2 aliphatic rings. The molecule has 3 heterocycles. The first-order chi connectivity index (χ1) is 16.2. The van der Waals surface area contributed by atoms with Gasteiger partial charge in [-0.15, -0.1) is 0 Å². The molecule has 0 spiro atoms. The quantitative estimate of drug-likeness (QED) is 0.602. The Morgan fingerprint density at radius 3 is 2.64 bits per heavy atom. The van der Waals surface area contributed by atoms with E-state index in [9.17, 15) is 4.79 Å². The summed E-state index contributed by atoms with van der Waals surface area (Å²) in [6, 6.07) is 18.9. The lowest BCUT2D eigenvalue weighted by molar-refractivity contribution is -0.141. The first-order valence-corrected chi connectivity index (χ1v) is 12.0. The number of carbonyl (C=O) groups is 1. The van der Waals surface area contributed by atoms with Crippen molar-refractivity contribution < 1.29 is 14.3 Å². The summed E-state index contributed by atoms with van der Waals surface area (Å²) in [5, 5.41) is 1.15. The van der Waals surface area contributed by atoms with Gasteiger partial charge in [0.05, 0.1) is 24.1 Å². The number of carbonyl (C=O) groups excluding carboxylic acids is 1. The minimum atomic E-state index is -0.512. The summed E-state index contributed by atoms with van der Waals surface area (Å²) in [5.74, 6) is 0.458. The summed E-state index contributed by atoms with van der Waals surface area (Å²) in [6.45, 7) is 5.91. The number of para-hydroxylation sites is 1. The molecule has 0 saturated carbocycles. The molecule has 2 fully saturated rings. The summed E-state index contributed by atoms with van der Waals surface area (Å²) >= 11 is 0. The average Bonchev–Trinajstić information content (AvgIpc) is 3.10. The molecule has 1 atom stereocenters. The minimum absolute atomic E-state index is 0.223. The van der Waals surface area contributed by atoms with Crippen LogP contribution in [0.15, 0.2) is 60.8 Å². The van der Waals surface area contributed by atoms with Gasteiger partial charge in [0.25, 0.3) is 0 Å². The number of nitrogens with zero attached hydrogens (tertiary/aromatic N) is 2. The van der Waals surface area contributed by atoms with E-state index in [-0.39, 0.29) is 11.8 Å². The van der Waals surface area contributed by atoms with Gasteiger partial charge in [-0.05, 0) is 43.4 Å². The van der Waals surface area contributed by atoms with E-state index in [4.69, 9.17) is 9.47 Å². The number of fused-ring (bicyclic) bond motifs is 1. The van der Waals surface area contributed by atoms with Crippen molar-refractivity contribution in [2.24, 2.45) is 5.92 Å². The zero-order valence-corrected chi connectivity index (χ0v) is 19.3. The molecule has 5 nitrogen and oxygen atoms in total. The molecule has 0 unspecified atom stereocenters. The van der Waals surface area contributed by atoms with Crippen molar-refractivity contribution in [2.45, 2.75) is 31.6 Å². The number of hydrogen-bond donors (Lipinski definition) is 0. The van der Waals surface area contributed by atoms with E-state index in [1.807, 2.05) is 12.3 Å². The van der Waals surface area contributed by atoms with Gasteiger partial charge in [-0.2, -0.15) is 0 Å². The minimum Gasteiger partial charge on any atom is -0.381 e. The van der Waals surface area contributed by atoms with Gasteiger partial charge in [-0.1, -0.05) is 54.1 Å². The zero-order valence-electron chi connectivity index (χ0n) is 19.3. The molecule has 5 rings (SSSR count). The molecule has 33 heavy (non-hydrogen) atoms. The van der Waals surface area contributed by atoms with Crippen molar-refractivity contribution in [2.75, 3.05) is 39.5 Å². The van der Waals surface area contributed by atoms with Crippen LogP contribution in [0, 0.1) is 12.8 Å². The van der Waals surface area contributed by atoms with Crippen molar-refractivity contribution in [3.63, 3.8) is 0 Å². The van der Waals surface area contributed by atoms with Crippen molar-refractivity contribution in [1.29, 1.82) is 0 Å². The maximum absolute atomic E-state index is 14.1. The van der Waals surface area contributed by atoms with Crippen LogP contribution in [0.2, 0.25) is 0 Å². The molecule has 0 N–H and O–H groups in total. The lowest BCUT2D eigenvalue weighted by Gasteiger charge is -2.40. The molecule has 172 valence electrons. The molecule has 5 heteroatoms. The van der Waals surface area contributed by atoms with E-state index < -0.39 is 5.41 Å². The van der Waals surface area contributed by atoms with E-state index in [1.54, 1.807) is 0 Å². The lowest BCUT2D eigenvalue weighted by atomic mass is 9.72. The average molecular weight is 445 g/mol. The van der Waals surface area contributed by atoms with Crippen molar-refractivity contribution in [3.8, 4) is 0 Å². The summed E-state index contributed by atoms with van der Waals surface area (Å²) in [4.78, 5) is 20.8. The predicted octanol–water partition coefficient (Wildman–Crippen LogP) is 4.31. The number of aryl methyl sites for hydroxylation is 1. The first-order valence-electron chi connectivity index (χ1n) is 12.0. The highest BCUT2D eigenvalue weighted by Gasteiger charge is 2.44. The molecule has 1 aromatic heterocycles. The summed E-state index contributed by atoms with van der Waals surface area (Å²) < 4.78 is 11.6. The second-order valence-electron chi connectivity index (χ2n) is 9.45. The molecule has 1 amide bonds. The van der Waals surface area contributed by atoms with Gasteiger partial charge in [0.15, 0.2) is 0 Å². The molecule has 0 aliphatic carbocycles. The topological polar surface area (TPSA) is 51.7 Å². The summed E-state index contributed by atoms with van der Waals surface area (Å²) in [7, 11) is 0. The van der Waals surface area contributed by atoms with Gasteiger partial charge in [-0.3, -0.25) is 9.78 Å². The van der Waals surface area contributed by atoms with Gasteiger partial charge >= 0.3 is 0 Å². The van der Waals surface area contributed by atoms with Crippen LogP contribution < -0.4 is 0 Å². The van der Waals surface area contributed by atoms with Crippen molar-refractivity contribution in [3.05, 3.63) is 77.5 Å². The maximum atomic E-state index is 14.1. The number of rotatable bonds is 4. The second kappa shape index (κ2) is 9.62. The van der Waals surface area contributed by atoms with E-state index >= 15 is 0 Å². The molecule has 2 aliphatic heterocycles.